The van der Waals surface area contributed by atoms with Gasteiger partial charge in [0.05, 0.1) is 19.8 Å². The molecule has 0 bridgehead atoms. The lowest BCUT2D eigenvalue weighted by molar-refractivity contribution is 0.166. The zero-order valence-electron chi connectivity index (χ0n) is 18.8. The zero-order chi connectivity index (χ0) is 21.2. The molecule has 0 aliphatic carbocycles. The highest BCUT2D eigenvalue weighted by Crippen LogP contribution is 2.23. The first kappa shape index (κ1) is 25.4. The van der Waals surface area contributed by atoms with Crippen molar-refractivity contribution in [2.75, 3.05) is 32.9 Å². The molecule has 1 aliphatic heterocycles. The lowest BCUT2D eigenvalue weighted by Crippen LogP contribution is -2.38. The monoisotopic (exact) mass is 538 g/mol. The van der Waals surface area contributed by atoms with Crippen LogP contribution in [0.5, 0.6) is 5.75 Å². The molecule has 1 aromatic carbocycles. The first-order valence-corrected chi connectivity index (χ1v) is 10.9. The number of hydrogen-bond acceptors (Lipinski definition) is 4. The van der Waals surface area contributed by atoms with Gasteiger partial charge in [-0.05, 0) is 56.9 Å². The van der Waals surface area contributed by atoms with Crippen LogP contribution in [0, 0.1) is 19.8 Å². The number of ether oxygens (including phenoxy) is 2. The normalized spacial score (nSPS) is 16.0. The second kappa shape index (κ2) is 13.5. The molecule has 1 aliphatic rings. The van der Waals surface area contributed by atoms with Gasteiger partial charge in [0.1, 0.15) is 5.75 Å². The molecular weight excluding hydrogens is 503 g/mol. The predicted octanol–water partition coefficient (Wildman–Crippen LogP) is 4.03. The van der Waals surface area contributed by atoms with E-state index >= 15 is 0 Å². The maximum atomic E-state index is 6.15. The molecule has 31 heavy (non-hydrogen) atoms. The molecule has 0 radical (unpaired) electrons. The van der Waals surface area contributed by atoms with Gasteiger partial charge in [-0.3, -0.25) is 4.98 Å². The van der Waals surface area contributed by atoms with E-state index in [9.17, 15) is 0 Å². The van der Waals surface area contributed by atoms with Crippen LogP contribution in [0.4, 0.5) is 0 Å². The van der Waals surface area contributed by atoms with E-state index in [1.807, 2.05) is 19.2 Å². The Morgan fingerprint density at radius 1 is 1.23 bits per heavy atom. The molecular formula is C24H35IN4O2. The van der Waals surface area contributed by atoms with Crippen LogP contribution in [0.25, 0.3) is 0 Å². The van der Waals surface area contributed by atoms with E-state index in [4.69, 9.17) is 14.5 Å². The summed E-state index contributed by atoms with van der Waals surface area (Å²) < 4.78 is 11.6. The molecule has 7 heteroatoms. The van der Waals surface area contributed by atoms with Crippen LogP contribution in [-0.4, -0.2) is 43.9 Å². The van der Waals surface area contributed by atoms with Gasteiger partial charge in [-0.25, -0.2) is 4.99 Å². The minimum atomic E-state index is 0. The van der Waals surface area contributed by atoms with Gasteiger partial charge in [-0.15, -0.1) is 24.0 Å². The van der Waals surface area contributed by atoms with Gasteiger partial charge in [-0.2, -0.15) is 0 Å². The van der Waals surface area contributed by atoms with Crippen LogP contribution >= 0.6 is 24.0 Å². The Kier molecular flexibility index (Phi) is 11.1. The molecule has 2 N–H and O–H groups in total. The van der Waals surface area contributed by atoms with Gasteiger partial charge < -0.3 is 20.1 Å². The molecule has 2 aromatic rings. The fraction of sp³-hybridized carbons (Fsp3) is 0.500. The van der Waals surface area contributed by atoms with E-state index in [1.165, 1.54) is 11.1 Å². The lowest BCUT2D eigenvalue weighted by atomic mass is 10.1. The SMILES string of the molecule is CCNC(=NCc1ccc(C)cc1OCC1CCOC1)NCCc1ccc(C)nc1.I. The van der Waals surface area contributed by atoms with Gasteiger partial charge in [0.25, 0.3) is 0 Å². The van der Waals surface area contributed by atoms with Crippen molar-refractivity contribution in [3.8, 4) is 5.75 Å². The summed E-state index contributed by atoms with van der Waals surface area (Å²) in [6.07, 6.45) is 3.91. The van der Waals surface area contributed by atoms with E-state index < -0.39 is 0 Å². The second-order valence-electron chi connectivity index (χ2n) is 7.83. The van der Waals surface area contributed by atoms with E-state index in [0.29, 0.717) is 19.1 Å². The molecule has 0 spiro atoms. The predicted molar refractivity (Wildman–Crippen MR) is 137 cm³/mol. The molecule has 1 unspecified atom stereocenters. The summed E-state index contributed by atoms with van der Waals surface area (Å²) in [5.74, 6) is 2.22. The number of nitrogens with zero attached hydrogens (tertiary/aromatic N) is 2. The maximum absolute atomic E-state index is 6.15. The molecule has 1 saturated heterocycles. The molecule has 1 aromatic heterocycles. The topological polar surface area (TPSA) is 67.8 Å². The van der Waals surface area contributed by atoms with Crippen LogP contribution in [0.15, 0.2) is 41.5 Å². The number of guanidine groups is 1. The number of aliphatic imine (C=N–C) groups is 1. The standard InChI is InChI=1S/C24H34N4O2.HI/c1-4-25-24(26-11-9-20-7-6-19(3)27-14-20)28-15-22-8-5-18(2)13-23(22)30-17-21-10-12-29-16-21;/h5-8,13-14,21H,4,9-12,15-17H2,1-3H3,(H2,25,26,28);1H. The third kappa shape index (κ3) is 8.65. The van der Waals surface area contributed by atoms with Crippen molar-refractivity contribution in [1.29, 1.82) is 0 Å². The average Bonchev–Trinajstić information content (AvgIpc) is 3.26. The third-order valence-corrected chi connectivity index (χ3v) is 5.15. The highest BCUT2D eigenvalue weighted by Gasteiger charge is 2.17. The quantitative estimate of drug-likeness (QED) is 0.287. The minimum Gasteiger partial charge on any atom is -0.493 e. The third-order valence-electron chi connectivity index (χ3n) is 5.15. The lowest BCUT2D eigenvalue weighted by Gasteiger charge is -2.15. The Hall–Kier alpha value is -1.87. The number of benzene rings is 1. The number of halogens is 1. The number of aromatic nitrogens is 1. The van der Waals surface area contributed by atoms with Crippen molar-refractivity contribution in [3.63, 3.8) is 0 Å². The summed E-state index contributed by atoms with van der Waals surface area (Å²) in [4.78, 5) is 9.13. The van der Waals surface area contributed by atoms with Gasteiger partial charge in [0.2, 0.25) is 0 Å². The number of aryl methyl sites for hydroxylation is 2. The molecule has 0 amide bonds. The molecule has 3 rings (SSSR count). The van der Waals surface area contributed by atoms with Crippen molar-refractivity contribution < 1.29 is 9.47 Å². The molecule has 1 atom stereocenters. The first-order valence-electron chi connectivity index (χ1n) is 10.9. The number of nitrogens with one attached hydrogen (secondary N) is 2. The fourth-order valence-electron chi connectivity index (χ4n) is 3.33. The van der Waals surface area contributed by atoms with Crippen molar-refractivity contribution in [3.05, 3.63) is 58.9 Å². The van der Waals surface area contributed by atoms with Gasteiger partial charge in [-0.1, -0.05) is 18.2 Å². The van der Waals surface area contributed by atoms with Crippen LogP contribution in [-0.2, 0) is 17.7 Å². The molecule has 0 saturated carbocycles. The number of rotatable bonds is 9. The summed E-state index contributed by atoms with van der Waals surface area (Å²) >= 11 is 0. The van der Waals surface area contributed by atoms with Crippen molar-refractivity contribution in [1.82, 2.24) is 15.6 Å². The van der Waals surface area contributed by atoms with Gasteiger partial charge in [0, 0.05) is 43.1 Å². The minimum absolute atomic E-state index is 0. The van der Waals surface area contributed by atoms with Gasteiger partial charge in [0.15, 0.2) is 5.96 Å². The molecule has 2 heterocycles. The highest BCUT2D eigenvalue weighted by atomic mass is 127. The van der Waals surface area contributed by atoms with Crippen LogP contribution in [0.1, 0.15) is 35.7 Å². The largest absolute Gasteiger partial charge is 0.493 e. The van der Waals surface area contributed by atoms with E-state index in [-0.39, 0.29) is 24.0 Å². The summed E-state index contributed by atoms with van der Waals surface area (Å²) in [5.41, 5.74) is 4.55. The maximum Gasteiger partial charge on any atom is 0.191 e. The number of pyridine rings is 1. The Morgan fingerprint density at radius 3 is 2.81 bits per heavy atom. The second-order valence-corrected chi connectivity index (χ2v) is 7.83. The fourth-order valence-corrected chi connectivity index (χ4v) is 3.33. The van der Waals surface area contributed by atoms with Crippen molar-refractivity contribution >= 4 is 29.9 Å². The summed E-state index contributed by atoms with van der Waals surface area (Å²) in [7, 11) is 0. The van der Waals surface area contributed by atoms with Crippen molar-refractivity contribution in [2.24, 2.45) is 10.9 Å². The molecule has 170 valence electrons. The van der Waals surface area contributed by atoms with E-state index in [2.05, 4.69) is 53.7 Å². The molecule has 1 fully saturated rings. The number of hydrogen-bond donors (Lipinski definition) is 2. The summed E-state index contributed by atoms with van der Waals surface area (Å²) in [6, 6.07) is 10.5. The van der Waals surface area contributed by atoms with Crippen LogP contribution < -0.4 is 15.4 Å². The Balaban J connectivity index is 0.00000341. The first-order chi connectivity index (χ1) is 14.6. The molecule has 6 nitrogen and oxygen atoms in total. The average molecular weight is 538 g/mol. The highest BCUT2D eigenvalue weighted by molar-refractivity contribution is 14.0. The van der Waals surface area contributed by atoms with Crippen LogP contribution in [0.3, 0.4) is 0 Å². The smallest absolute Gasteiger partial charge is 0.191 e. The van der Waals surface area contributed by atoms with Gasteiger partial charge >= 0.3 is 0 Å². The Bertz CT molecular complexity index is 821. The summed E-state index contributed by atoms with van der Waals surface area (Å²) in [6.45, 7) is 10.7. The zero-order valence-corrected chi connectivity index (χ0v) is 21.1. The van der Waals surface area contributed by atoms with E-state index in [1.54, 1.807) is 0 Å². The van der Waals surface area contributed by atoms with Crippen LogP contribution in [0.2, 0.25) is 0 Å². The van der Waals surface area contributed by atoms with Crippen molar-refractivity contribution in [2.45, 2.75) is 40.2 Å². The Labute approximate surface area is 203 Å². The Morgan fingerprint density at radius 2 is 2.10 bits per heavy atom. The summed E-state index contributed by atoms with van der Waals surface area (Å²) in [5, 5.41) is 6.74. The van der Waals surface area contributed by atoms with E-state index in [0.717, 1.165) is 62.1 Å².